The van der Waals surface area contributed by atoms with E-state index in [2.05, 4.69) is 4.98 Å². The highest BCUT2D eigenvalue weighted by Gasteiger charge is 2.20. The summed E-state index contributed by atoms with van der Waals surface area (Å²) in [5.74, 6) is 0.178. The van der Waals surface area contributed by atoms with Crippen LogP contribution in [0.15, 0.2) is 29.2 Å². The van der Waals surface area contributed by atoms with Crippen molar-refractivity contribution < 1.29 is 9.84 Å². The van der Waals surface area contributed by atoms with E-state index in [4.69, 9.17) is 15.6 Å². The van der Waals surface area contributed by atoms with E-state index in [-0.39, 0.29) is 18.5 Å². The van der Waals surface area contributed by atoms with E-state index in [1.54, 1.807) is 12.2 Å². The molecule has 80 valence electrons. The molecule has 1 aromatic heterocycles. The highest BCUT2D eigenvalue weighted by atomic mass is 16.5. The highest BCUT2D eigenvalue weighted by Crippen LogP contribution is 2.18. The second-order valence-electron chi connectivity index (χ2n) is 3.17. The van der Waals surface area contributed by atoms with Gasteiger partial charge in [-0.15, -0.1) is 0 Å². The number of nitrogens with zero attached hydrogens (tertiary/aromatic N) is 2. The van der Waals surface area contributed by atoms with Gasteiger partial charge in [0.1, 0.15) is 11.9 Å². The third kappa shape index (κ3) is 1.90. The lowest BCUT2D eigenvalue weighted by molar-refractivity contribution is -0.0102. The number of rotatable bonds is 2. The monoisotopic (exact) mass is 209 g/mol. The fourth-order valence-corrected chi connectivity index (χ4v) is 1.37. The average Bonchev–Trinajstić information content (AvgIpc) is 2.66. The first-order chi connectivity index (χ1) is 7.20. The molecule has 15 heavy (non-hydrogen) atoms. The summed E-state index contributed by atoms with van der Waals surface area (Å²) >= 11 is 0. The first kappa shape index (κ1) is 9.88. The van der Waals surface area contributed by atoms with Crippen LogP contribution in [0.1, 0.15) is 6.23 Å². The minimum absolute atomic E-state index is 0.107. The van der Waals surface area contributed by atoms with Gasteiger partial charge in [0.05, 0.1) is 6.61 Å². The molecular formula is C9H11N3O3. The van der Waals surface area contributed by atoms with Crippen molar-refractivity contribution in [3.05, 3.63) is 34.9 Å². The summed E-state index contributed by atoms with van der Waals surface area (Å²) in [6, 6.07) is 1.52. The first-order valence-electron chi connectivity index (χ1n) is 4.50. The van der Waals surface area contributed by atoms with Gasteiger partial charge in [0.25, 0.3) is 0 Å². The molecule has 6 nitrogen and oxygen atoms in total. The SMILES string of the molecule is Nc1ccn([C@@H]2C=C[C@H](CO)O2)c(=O)n1. The van der Waals surface area contributed by atoms with Crippen LogP contribution >= 0.6 is 0 Å². The van der Waals surface area contributed by atoms with Crippen LogP contribution in [0.2, 0.25) is 0 Å². The number of hydrogen-bond donors (Lipinski definition) is 2. The van der Waals surface area contributed by atoms with Crippen LogP contribution in [0.25, 0.3) is 0 Å². The molecule has 1 aliphatic heterocycles. The lowest BCUT2D eigenvalue weighted by Crippen LogP contribution is -2.28. The Morgan fingerprint density at radius 2 is 2.40 bits per heavy atom. The number of hydrogen-bond acceptors (Lipinski definition) is 5. The van der Waals surface area contributed by atoms with Crippen molar-refractivity contribution in [1.82, 2.24) is 9.55 Å². The molecule has 2 atom stereocenters. The second kappa shape index (κ2) is 3.84. The maximum absolute atomic E-state index is 11.4. The second-order valence-corrected chi connectivity index (χ2v) is 3.17. The smallest absolute Gasteiger partial charge is 0.351 e. The van der Waals surface area contributed by atoms with Gasteiger partial charge >= 0.3 is 5.69 Å². The van der Waals surface area contributed by atoms with Crippen molar-refractivity contribution in [2.45, 2.75) is 12.3 Å². The molecule has 0 saturated carbocycles. The quantitative estimate of drug-likeness (QED) is 0.627. The highest BCUT2D eigenvalue weighted by molar-refractivity contribution is 5.23. The van der Waals surface area contributed by atoms with Gasteiger partial charge in [-0.05, 0) is 12.1 Å². The van der Waals surface area contributed by atoms with Crippen LogP contribution in [0, 0.1) is 0 Å². The van der Waals surface area contributed by atoms with Crippen LogP contribution < -0.4 is 11.4 Å². The molecule has 3 N–H and O–H groups in total. The third-order valence-corrected chi connectivity index (χ3v) is 2.11. The summed E-state index contributed by atoms with van der Waals surface area (Å²) in [6.07, 6.45) is 4.04. The summed E-state index contributed by atoms with van der Waals surface area (Å²) < 4.78 is 6.65. The fraction of sp³-hybridized carbons (Fsp3) is 0.333. The van der Waals surface area contributed by atoms with E-state index in [9.17, 15) is 4.79 Å². The van der Waals surface area contributed by atoms with Crippen LogP contribution in [0.3, 0.4) is 0 Å². The van der Waals surface area contributed by atoms with Gasteiger partial charge in [-0.2, -0.15) is 4.98 Å². The van der Waals surface area contributed by atoms with E-state index in [1.807, 2.05) is 0 Å². The lowest BCUT2D eigenvalue weighted by atomic mass is 10.4. The van der Waals surface area contributed by atoms with Crippen LogP contribution in [-0.2, 0) is 4.74 Å². The van der Waals surface area contributed by atoms with Gasteiger partial charge in [0, 0.05) is 6.20 Å². The van der Waals surface area contributed by atoms with Gasteiger partial charge in [-0.1, -0.05) is 6.08 Å². The molecule has 2 heterocycles. The Balaban J connectivity index is 2.25. The number of anilines is 1. The lowest BCUT2D eigenvalue weighted by Gasteiger charge is -2.14. The number of aliphatic hydroxyl groups is 1. The molecule has 1 aromatic rings. The number of nitrogen functional groups attached to an aromatic ring is 1. The van der Waals surface area contributed by atoms with E-state index in [0.717, 1.165) is 0 Å². The number of nitrogens with two attached hydrogens (primary N) is 1. The molecule has 6 heteroatoms. The molecule has 0 aromatic carbocycles. The van der Waals surface area contributed by atoms with Crippen molar-refractivity contribution in [1.29, 1.82) is 0 Å². The number of aliphatic hydroxyl groups excluding tert-OH is 1. The summed E-state index contributed by atoms with van der Waals surface area (Å²) in [5, 5.41) is 8.84. The molecule has 0 spiro atoms. The van der Waals surface area contributed by atoms with E-state index >= 15 is 0 Å². The Morgan fingerprint density at radius 3 is 3.00 bits per heavy atom. The zero-order valence-corrected chi connectivity index (χ0v) is 7.91. The molecule has 0 unspecified atom stereocenters. The van der Waals surface area contributed by atoms with Crippen molar-refractivity contribution in [2.75, 3.05) is 12.3 Å². The summed E-state index contributed by atoms with van der Waals surface area (Å²) in [6.45, 7) is -0.107. The molecule has 2 rings (SSSR count). The largest absolute Gasteiger partial charge is 0.393 e. The molecule has 0 saturated heterocycles. The maximum atomic E-state index is 11.4. The van der Waals surface area contributed by atoms with Crippen LogP contribution in [-0.4, -0.2) is 27.4 Å². The molecular weight excluding hydrogens is 198 g/mol. The minimum atomic E-state index is -0.511. The fourth-order valence-electron chi connectivity index (χ4n) is 1.37. The van der Waals surface area contributed by atoms with Crippen molar-refractivity contribution in [3.8, 4) is 0 Å². The van der Waals surface area contributed by atoms with Crippen molar-refractivity contribution in [3.63, 3.8) is 0 Å². The minimum Gasteiger partial charge on any atom is -0.393 e. The third-order valence-electron chi connectivity index (χ3n) is 2.11. The van der Waals surface area contributed by atoms with Crippen molar-refractivity contribution in [2.24, 2.45) is 0 Å². The van der Waals surface area contributed by atoms with Gasteiger partial charge in [0.2, 0.25) is 0 Å². The Morgan fingerprint density at radius 1 is 1.60 bits per heavy atom. The zero-order valence-electron chi connectivity index (χ0n) is 7.91. The van der Waals surface area contributed by atoms with E-state index < -0.39 is 11.9 Å². The maximum Gasteiger partial charge on any atom is 0.351 e. The standard InChI is InChI=1S/C9H11N3O3/c10-7-3-4-12(9(14)11-7)8-2-1-6(5-13)15-8/h1-4,6,8,13H,5H2,(H2,10,11,14)/t6-,8+/m1/s1. The predicted octanol–water partition coefficient (Wildman–Crippen LogP) is -0.729. The molecule has 0 bridgehead atoms. The van der Waals surface area contributed by atoms with Gasteiger partial charge in [-0.25, -0.2) is 4.79 Å². The Labute approximate surface area is 85.6 Å². The topological polar surface area (TPSA) is 90.4 Å². The summed E-state index contributed by atoms with van der Waals surface area (Å²) in [5.41, 5.74) is 4.89. The molecule has 0 aliphatic carbocycles. The normalized spacial score (nSPS) is 24.6. The van der Waals surface area contributed by atoms with Crippen LogP contribution in [0.5, 0.6) is 0 Å². The summed E-state index contributed by atoms with van der Waals surface area (Å²) in [7, 11) is 0. The van der Waals surface area contributed by atoms with Crippen molar-refractivity contribution >= 4 is 5.82 Å². The van der Waals surface area contributed by atoms with Gasteiger partial charge in [-0.3, -0.25) is 4.57 Å². The van der Waals surface area contributed by atoms with Crippen LogP contribution in [0.4, 0.5) is 5.82 Å². The van der Waals surface area contributed by atoms with E-state index in [0.29, 0.717) is 0 Å². The Kier molecular flexibility index (Phi) is 2.53. The molecule has 0 fully saturated rings. The molecule has 0 radical (unpaired) electrons. The van der Waals surface area contributed by atoms with Gasteiger partial charge < -0.3 is 15.6 Å². The average molecular weight is 209 g/mol. The Hall–Kier alpha value is -1.66. The summed E-state index contributed by atoms with van der Waals surface area (Å²) in [4.78, 5) is 15.0. The first-order valence-corrected chi connectivity index (χ1v) is 4.50. The molecule has 1 aliphatic rings. The number of aromatic nitrogens is 2. The molecule has 0 amide bonds. The zero-order chi connectivity index (χ0) is 10.8. The number of ether oxygens (including phenoxy) is 1. The van der Waals surface area contributed by atoms with Gasteiger partial charge in [0.15, 0.2) is 6.23 Å². The Bertz CT molecular complexity index is 440. The predicted molar refractivity (Wildman–Crippen MR) is 53.0 cm³/mol. The van der Waals surface area contributed by atoms with E-state index in [1.165, 1.54) is 16.8 Å².